The van der Waals surface area contributed by atoms with E-state index in [4.69, 9.17) is 9.47 Å². The Morgan fingerprint density at radius 2 is 1.49 bits per heavy atom. The van der Waals surface area contributed by atoms with Crippen LogP contribution in [0.3, 0.4) is 0 Å². The molecule has 0 saturated heterocycles. The van der Waals surface area contributed by atoms with Gasteiger partial charge in [-0.25, -0.2) is 0 Å². The molecule has 8 nitrogen and oxygen atoms in total. The van der Waals surface area contributed by atoms with Gasteiger partial charge in [0, 0.05) is 30.9 Å². The van der Waals surface area contributed by atoms with E-state index in [1.54, 1.807) is 74.7 Å². The Morgan fingerprint density at radius 1 is 0.857 bits per heavy atom. The highest BCUT2D eigenvalue weighted by molar-refractivity contribution is 6.04. The topological polar surface area (TPSA) is 97.0 Å². The molecule has 0 fully saturated rings. The van der Waals surface area contributed by atoms with Crippen molar-refractivity contribution in [3.63, 3.8) is 0 Å². The third-order valence-corrected chi connectivity index (χ3v) is 6.08. The van der Waals surface area contributed by atoms with Crippen LogP contribution in [-0.2, 0) is 9.59 Å². The molecule has 0 saturated carbocycles. The minimum atomic E-state index is -0.679. The van der Waals surface area contributed by atoms with E-state index >= 15 is 0 Å². The van der Waals surface area contributed by atoms with Crippen LogP contribution in [0.25, 0.3) is 0 Å². The number of nitrogens with zero attached hydrogens (tertiary/aromatic N) is 1. The van der Waals surface area contributed by atoms with Gasteiger partial charge in [-0.3, -0.25) is 14.4 Å². The second kappa shape index (κ2) is 9.89. The Bertz CT molecular complexity index is 1270. The highest BCUT2D eigenvalue weighted by atomic mass is 16.5. The van der Waals surface area contributed by atoms with Crippen LogP contribution in [0.2, 0.25) is 0 Å². The summed E-state index contributed by atoms with van der Waals surface area (Å²) in [6.07, 6.45) is 0. The SMILES string of the molecule is COc1ccc([C@@H]2[C@H](C(=O)Nc3ccc(NC(C)=O)cc3)c3ccccc3C(=O)N2C)cc1OC. The van der Waals surface area contributed by atoms with Crippen LogP contribution in [-0.4, -0.2) is 43.9 Å². The first kappa shape index (κ1) is 23.8. The van der Waals surface area contributed by atoms with Gasteiger partial charge in [-0.1, -0.05) is 24.3 Å². The van der Waals surface area contributed by atoms with Crippen molar-refractivity contribution >= 4 is 29.1 Å². The molecule has 3 aromatic rings. The number of rotatable bonds is 6. The molecule has 35 heavy (non-hydrogen) atoms. The third-order valence-electron chi connectivity index (χ3n) is 6.08. The number of hydrogen-bond acceptors (Lipinski definition) is 5. The van der Waals surface area contributed by atoms with Crippen molar-refractivity contribution in [1.82, 2.24) is 4.90 Å². The molecular weight excluding hydrogens is 446 g/mol. The lowest BCUT2D eigenvalue weighted by molar-refractivity contribution is -0.119. The summed E-state index contributed by atoms with van der Waals surface area (Å²) in [4.78, 5) is 39.8. The summed E-state index contributed by atoms with van der Waals surface area (Å²) in [6.45, 7) is 1.43. The molecule has 0 spiro atoms. The molecule has 1 aliphatic rings. The molecule has 0 aliphatic carbocycles. The molecule has 0 unspecified atom stereocenters. The number of methoxy groups -OCH3 is 2. The van der Waals surface area contributed by atoms with E-state index < -0.39 is 12.0 Å². The zero-order valence-corrected chi connectivity index (χ0v) is 20.0. The fourth-order valence-electron chi connectivity index (χ4n) is 4.47. The van der Waals surface area contributed by atoms with Gasteiger partial charge in [0.15, 0.2) is 11.5 Å². The molecule has 3 amide bonds. The van der Waals surface area contributed by atoms with Gasteiger partial charge < -0.3 is 25.0 Å². The van der Waals surface area contributed by atoms with Gasteiger partial charge in [0.05, 0.1) is 26.2 Å². The van der Waals surface area contributed by atoms with Crippen molar-refractivity contribution < 1.29 is 23.9 Å². The number of carbonyl (C=O) groups excluding carboxylic acids is 3. The van der Waals surface area contributed by atoms with Crippen LogP contribution in [0.5, 0.6) is 11.5 Å². The van der Waals surface area contributed by atoms with Gasteiger partial charge >= 0.3 is 0 Å². The number of ether oxygens (including phenoxy) is 2. The average molecular weight is 474 g/mol. The minimum absolute atomic E-state index is 0.163. The molecule has 2 N–H and O–H groups in total. The number of fused-ring (bicyclic) bond motifs is 1. The van der Waals surface area contributed by atoms with E-state index in [0.29, 0.717) is 34.0 Å². The van der Waals surface area contributed by atoms with Crippen molar-refractivity contribution in [2.24, 2.45) is 0 Å². The summed E-state index contributed by atoms with van der Waals surface area (Å²) in [5.74, 6) is -0.208. The van der Waals surface area contributed by atoms with Crippen molar-refractivity contribution in [3.05, 3.63) is 83.4 Å². The monoisotopic (exact) mass is 473 g/mol. The maximum atomic E-state index is 13.7. The van der Waals surface area contributed by atoms with Crippen LogP contribution in [0.4, 0.5) is 11.4 Å². The predicted molar refractivity (Wildman–Crippen MR) is 133 cm³/mol. The summed E-state index contributed by atoms with van der Waals surface area (Å²) in [5.41, 5.74) is 3.10. The predicted octanol–water partition coefficient (Wildman–Crippen LogP) is 4.21. The zero-order valence-electron chi connectivity index (χ0n) is 20.0. The summed E-state index contributed by atoms with van der Waals surface area (Å²) >= 11 is 0. The minimum Gasteiger partial charge on any atom is -0.493 e. The molecule has 8 heteroatoms. The first-order valence-corrected chi connectivity index (χ1v) is 11.1. The van der Waals surface area contributed by atoms with Crippen molar-refractivity contribution in [1.29, 1.82) is 0 Å². The summed E-state index contributed by atoms with van der Waals surface area (Å²) in [6, 6.07) is 18.9. The first-order valence-electron chi connectivity index (χ1n) is 11.1. The number of anilines is 2. The van der Waals surface area contributed by atoms with Gasteiger partial charge in [-0.2, -0.15) is 0 Å². The number of benzene rings is 3. The maximum absolute atomic E-state index is 13.7. The van der Waals surface area contributed by atoms with Crippen molar-refractivity contribution in [2.75, 3.05) is 31.9 Å². The molecule has 2 atom stereocenters. The summed E-state index contributed by atoms with van der Waals surface area (Å²) in [5, 5.41) is 5.68. The normalized spacial score (nSPS) is 16.8. The molecule has 0 bridgehead atoms. The maximum Gasteiger partial charge on any atom is 0.254 e. The zero-order chi connectivity index (χ0) is 25.1. The van der Waals surface area contributed by atoms with Gasteiger partial charge in [0.1, 0.15) is 0 Å². The van der Waals surface area contributed by atoms with E-state index in [9.17, 15) is 14.4 Å². The average Bonchev–Trinajstić information content (AvgIpc) is 2.86. The van der Waals surface area contributed by atoms with E-state index in [2.05, 4.69) is 10.6 Å². The number of likely N-dealkylation sites (N-methyl/N-ethyl adjacent to an activating group) is 1. The van der Waals surface area contributed by atoms with E-state index in [1.807, 2.05) is 18.2 Å². The standard InChI is InChI=1S/C27H27N3O5/c1-16(31)28-18-10-12-19(13-11-18)29-26(32)24-20-7-5-6-8-21(20)27(33)30(2)25(24)17-9-14-22(34-3)23(15-17)35-4/h5-15,24-25H,1-4H3,(H,28,31)(H,29,32)/t24-,25-/m1/s1. The van der Waals surface area contributed by atoms with Crippen LogP contribution >= 0.6 is 0 Å². The second-order valence-electron chi connectivity index (χ2n) is 8.29. The molecule has 3 aromatic carbocycles. The Labute approximate surface area is 203 Å². The molecule has 0 radical (unpaired) electrons. The fourth-order valence-corrected chi connectivity index (χ4v) is 4.47. The lowest BCUT2D eigenvalue weighted by Gasteiger charge is -2.40. The Balaban J connectivity index is 1.74. The molecular formula is C27H27N3O5. The number of hydrogen-bond donors (Lipinski definition) is 2. The van der Waals surface area contributed by atoms with Crippen LogP contribution < -0.4 is 20.1 Å². The van der Waals surface area contributed by atoms with Gasteiger partial charge in [0.25, 0.3) is 5.91 Å². The lowest BCUT2D eigenvalue weighted by atomic mass is 9.79. The number of nitrogens with one attached hydrogen (secondary N) is 2. The fraction of sp³-hybridized carbons (Fsp3) is 0.222. The third kappa shape index (κ3) is 4.68. The van der Waals surface area contributed by atoms with Crippen molar-refractivity contribution in [3.8, 4) is 11.5 Å². The molecule has 180 valence electrons. The van der Waals surface area contributed by atoms with Gasteiger partial charge in [-0.05, 0) is 53.6 Å². The van der Waals surface area contributed by atoms with Gasteiger partial charge in [-0.15, -0.1) is 0 Å². The molecule has 1 aliphatic heterocycles. The van der Waals surface area contributed by atoms with Crippen LogP contribution in [0.1, 0.15) is 40.4 Å². The Hall–Kier alpha value is -4.33. The molecule has 0 aromatic heterocycles. The molecule has 1 heterocycles. The molecule has 4 rings (SSSR count). The van der Waals surface area contributed by atoms with E-state index in [0.717, 1.165) is 5.56 Å². The van der Waals surface area contributed by atoms with Crippen molar-refractivity contribution in [2.45, 2.75) is 18.9 Å². The highest BCUT2D eigenvalue weighted by Gasteiger charge is 2.42. The van der Waals surface area contributed by atoms with E-state index in [1.165, 1.54) is 6.92 Å². The number of carbonyl (C=O) groups is 3. The smallest absolute Gasteiger partial charge is 0.254 e. The van der Waals surface area contributed by atoms with Gasteiger partial charge in [0.2, 0.25) is 11.8 Å². The lowest BCUT2D eigenvalue weighted by Crippen LogP contribution is -2.44. The second-order valence-corrected chi connectivity index (χ2v) is 8.29. The van der Waals surface area contributed by atoms with Crippen LogP contribution in [0.15, 0.2) is 66.7 Å². The first-order chi connectivity index (χ1) is 16.8. The summed E-state index contributed by atoms with van der Waals surface area (Å²) < 4.78 is 10.8. The van der Waals surface area contributed by atoms with E-state index in [-0.39, 0.29) is 17.7 Å². The Morgan fingerprint density at radius 3 is 2.11 bits per heavy atom. The largest absolute Gasteiger partial charge is 0.493 e. The summed E-state index contributed by atoms with van der Waals surface area (Å²) in [7, 11) is 4.79. The number of amides is 3. The Kier molecular flexibility index (Phi) is 6.73. The van der Waals surface area contributed by atoms with Crippen LogP contribution in [0, 0.1) is 0 Å². The quantitative estimate of drug-likeness (QED) is 0.559. The highest BCUT2D eigenvalue weighted by Crippen LogP contribution is 2.44.